The van der Waals surface area contributed by atoms with Gasteiger partial charge in [-0.15, -0.1) is 0 Å². The summed E-state index contributed by atoms with van der Waals surface area (Å²) in [6.07, 6.45) is -0.931. The fraction of sp³-hybridized carbons (Fsp3) is 0.429. The molecule has 5 unspecified atom stereocenters. The van der Waals surface area contributed by atoms with Gasteiger partial charge in [-0.25, -0.2) is 4.39 Å². The first-order chi connectivity index (χ1) is 9.16. The van der Waals surface area contributed by atoms with Crippen LogP contribution in [0.1, 0.15) is 10.4 Å². The van der Waals surface area contributed by atoms with Crippen molar-refractivity contribution in [1.82, 2.24) is 0 Å². The molecule has 2 bridgehead atoms. The second-order valence-corrected chi connectivity index (χ2v) is 5.24. The van der Waals surface area contributed by atoms with E-state index in [1.54, 1.807) is 0 Å². The smallest absolute Gasteiger partial charge is 0.218 e. The third-order valence-electron chi connectivity index (χ3n) is 4.21. The number of halogens is 1. The van der Waals surface area contributed by atoms with Gasteiger partial charge in [0.15, 0.2) is 11.6 Å². The SMILES string of the molecule is O=C(c1ccc(F)cc1)C1C2C(=O)C3OCC(O3)C12. The first kappa shape index (κ1) is 11.3. The van der Waals surface area contributed by atoms with E-state index in [0.717, 1.165) is 0 Å². The molecule has 0 N–H and O–H groups in total. The van der Waals surface area contributed by atoms with E-state index in [1.165, 1.54) is 24.3 Å². The Morgan fingerprint density at radius 2 is 2.00 bits per heavy atom. The molecule has 19 heavy (non-hydrogen) atoms. The van der Waals surface area contributed by atoms with E-state index in [0.29, 0.717) is 12.2 Å². The molecule has 1 aromatic carbocycles. The Morgan fingerprint density at radius 1 is 1.26 bits per heavy atom. The summed E-state index contributed by atoms with van der Waals surface area (Å²) in [5, 5.41) is 0. The van der Waals surface area contributed by atoms with Gasteiger partial charge in [0.2, 0.25) is 6.29 Å². The van der Waals surface area contributed by atoms with Gasteiger partial charge in [0.1, 0.15) is 5.82 Å². The molecule has 1 saturated carbocycles. The summed E-state index contributed by atoms with van der Waals surface area (Å²) in [5.41, 5.74) is 0.449. The maximum absolute atomic E-state index is 12.8. The van der Waals surface area contributed by atoms with Crippen LogP contribution in [0.4, 0.5) is 4.39 Å². The molecule has 0 aromatic heterocycles. The van der Waals surface area contributed by atoms with E-state index in [1.807, 2.05) is 0 Å². The van der Waals surface area contributed by atoms with E-state index in [9.17, 15) is 14.0 Å². The fourth-order valence-corrected chi connectivity index (χ4v) is 3.24. The van der Waals surface area contributed by atoms with Crippen molar-refractivity contribution >= 4 is 11.6 Å². The van der Waals surface area contributed by atoms with Crippen LogP contribution >= 0.6 is 0 Å². The van der Waals surface area contributed by atoms with E-state index in [-0.39, 0.29) is 41.2 Å². The number of ether oxygens (including phenoxy) is 2. The average molecular weight is 262 g/mol. The van der Waals surface area contributed by atoms with Crippen molar-refractivity contribution in [1.29, 1.82) is 0 Å². The Kier molecular flexibility index (Phi) is 2.20. The van der Waals surface area contributed by atoms with Crippen molar-refractivity contribution in [3.8, 4) is 0 Å². The number of carbonyl (C=O) groups excluding carboxylic acids is 2. The van der Waals surface area contributed by atoms with Crippen LogP contribution in [0.15, 0.2) is 24.3 Å². The van der Waals surface area contributed by atoms with Crippen LogP contribution in [0.25, 0.3) is 0 Å². The number of Topliss-reactive ketones (excluding diaryl/α,β-unsaturated/α-hetero) is 2. The number of ketones is 2. The molecule has 4 rings (SSSR count). The minimum atomic E-state index is -0.780. The fourth-order valence-electron chi connectivity index (χ4n) is 3.24. The highest BCUT2D eigenvalue weighted by Crippen LogP contribution is 2.57. The van der Waals surface area contributed by atoms with Crippen LogP contribution in [0, 0.1) is 23.6 Å². The zero-order valence-electron chi connectivity index (χ0n) is 9.91. The molecular weight excluding hydrogens is 251 g/mol. The molecule has 2 saturated heterocycles. The van der Waals surface area contributed by atoms with Crippen molar-refractivity contribution < 1.29 is 23.5 Å². The van der Waals surface area contributed by atoms with Gasteiger partial charge in [0.05, 0.1) is 12.7 Å². The minimum absolute atomic E-state index is 0.0659. The summed E-state index contributed by atoms with van der Waals surface area (Å²) in [6, 6.07) is 5.43. The molecule has 0 radical (unpaired) electrons. The summed E-state index contributed by atoms with van der Waals surface area (Å²) in [7, 11) is 0. The number of benzene rings is 1. The number of hydrogen-bond acceptors (Lipinski definition) is 4. The molecule has 2 aliphatic heterocycles. The normalized spacial score (nSPS) is 39.0. The highest BCUT2D eigenvalue weighted by atomic mass is 19.1. The van der Waals surface area contributed by atoms with Gasteiger partial charge in [-0.3, -0.25) is 9.59 Å². The van der Waals surface area contributed by atoms with Crippen molar-refractivity contribution in [3.05, 3.63) is 35.6 Å². The quantitative estimate of drug-likeness (QED) is 0.751. The topological polar surface area (TPSA) is 52.6 Å². The molecule has 4 nitrogen and oxygen atoms in total. The zero-order chi connectivity index (χ0) is 13.1. The molecule has 3 fully saturated rings. The van der Waals surface area contributed by atoms with Crippen molar-refractivity contribution in [2.24, 2.45) is 17.8 Å². The van der Waals surface area contributed by atoms with Gasteiger partial charge >= 0.3 is 0 Å². The van der Waals surface area contributed by atoms with Gasteiger partial charge < -0.3 is 9.47 Å². The van der Waals surface area contributed by atoms with Gasteiger partial charge in [-0.05, 0) is 24.3 Å². The predicted molar refractivity (Wildman–Crippen MR) is 60.8 cm³/mol. The molecule has 98 valence electrons. The summed E-state index contributed by atoms with van der Waals surface area (Å²) in [4.78, 5) is 24.3. The lowest BCUT2D eigenvalue weighted by molar-refractivity contribution is -0.153. The lowest BCUT2D eigenvalue weighted by Gasteiger charge is -2.14. The largest absolute Gasteiger partial charge is 0.343 e. The molecule has 5 heteroatoms. The first-order valence-corrected chi connectivity index (χ1v) is 6.27. The van der Waals surface area contributed by atoms with Crippen molar-refractivity contribution in [2.75, 3.05) is 6.61 Å². The van der Waals surface area contributed by atoms with Gasteiger partial charge in [-0.2, -0.15) is 0 Å². The second kappa shape index (κ2) is 3.71. The first-order valence-electron chi connectivity index (χ1n) is 6.27. The summed E-state index contributed by atoms with van der Waals surface area (Å²) >= 11 is 0. The highest BCUT2D eigenvalue weighted by Gasteiger charge is 2.68. The third kappa shape index (κ3) is 1.52. The Hall–Kier alpha value is -1.59. The number of hydrogen-bond donors (Lipinski definition) is 0. The minimum Gasteiger partial charge on any atom is -0.343 e. The van der Waals surface area contributed by atoms with Crippen molar-refractivity contribution in [2.45, 2.75) is 12.4 Å². The Labute approximate surface area is 108 Å². The molecule has 5 atom stereocenters. The molecule has 2 heterocycles. The maximum atomic E-state index is 12.8. The molecule has 0 amide bonds. The monoisotopic (exact) mass is 262 g/mol. The van der Waals surface area contributed by atoms with E-state index < -0.39 is 6.29 Å². The van der Waals surface area contributed by atoms with Crippen LogP contribution in [-0.4, -0.2) is 30.6 Å². The molecule has 1 aliphatic carbocycles. The highest BCUT2D eigenvalue weighted by molar-refractivity contribution is 6.05. The molecular formula is C14H11FO4. The van der Waals surface area contributed by atoms with Gasteiger partial charge in [0.25, 0.3) is 0 Å². The van der Waals surface area contributed by atoms with Crippen molar-refractivity contribution in [3.63, 3.8) is 0 Å². The van der Waals surface area contributed by atoms with E-state index >= 15 is 0 Å². The Balaban J connectivity index is 1.60. The summed E-state index contributed by atoms with van der Waals surface area (Å²) in [5.74, 6) is -1.26. The Morgan fingerprint density at radius 3 is 2.74 bits per heavy atom. The molecule has 1 aromatic rings. The summed E-state index contributed by atoms with van der Waals surface area (Å²) in [6.45, 7) is 0.380. The van der Waals surface area contributed by atoms with Crippen LogP contribution in [0.5, 0.6) is 0 Å². The molecule has 0 spiro atoms. The lowest BCUT2D eigenvalue weighted by atomic mass is 10.0. The van der Waals surface area contributed by atoms with Gasteiger partial charge in [-0.1, -0.05) is 0 Å². The average Bonchev–Trinajstić information content (AvgIpc) is 3.02. The number of carbonyl (C=O) groups is 2. The van der Waals surface area contributed by atoms with E-state index in [2.05, 4.69) is 0 Å². The van der Waals surface area contributed by atoms with Crippen LogP contribution in [0.2, 0.25) is 0 Å². The standard InChI is InChI=1S/C14H11FO4/c15-7-3-1-6(2-4-7)12(16)10-9-8-5-18-14(19-8)13(17)11(9)10/h1-4,8-11,14H,5H2. The van der Waals surface area contributed by atoms with Crippen LogP contribution < -0.4 is 0 Å². The van der Waals surface area contributed by atoms with E-state index in [4.69, 9.17) is 9.47 Å². The third-order valence-corrected chi connectivity index (χ3v) is 4.21. The maximum Gasteiger partial charge on any atom is 0.218 e. The van der Waals surface area contributed by atoms with Gasteiger partial charge in [0, 0.05) is 23.3 Å². The zero-order valence-corrected chi connectivity index (χ0v) is 9.91. The number of fused-ring (bicyclic) bond motifs is 4. The second-order valence-electron chi connectivity index (χ2n) is 5.24. The summed E-state index contributed by atoms with van der Waals surface area (Å²) < 4.78 is 23.5. The van der Waals surface area contributed by atoms with Crippen LogP contribution in [0.3, 0.4) is 0 Å². The predicted octanol–water partition coefficient (Wildman–Crippen LogP) is 1.19. The Bertz CT molecular complexity index is 567. The molecule has 3 aliphatic rings. The number of rotatable bonds is 2. The van der Waals surface area contributed by atoms with Crippen LogP contribution in [-0.2, 0) is 14.3 Å². The lowest BCUT2D eigenvalue weighted by Crippen LogP contribution is -2.30.